The van der Waals surface area contributed by atoms with Crippen LogP contribution in [0.3, 0.4) is 0 Å². The SMILES string of the molecule is Cc1ccc(-c2nc(C(=O)NCC(F)(F)F)cs2)cc1. The van der Waals surface area contributed by atoms with Crippen LogP contribution in [-0.2, 0) is 0 Å². The second-order valence-corrected chi connectivity index (χ2v) is 5.06. The van der Waals surface area contributed by atoms with Crippen molar-refractivity contribution in [2.45, 2.75) is 13.1 Å². The van der Waals surface area contributed by atoms with Gasteiger partial charge in [0.1, 0.15) is 17.2 Å². The first-order chi connectivity index (χ1) is 9.35. The van der Waals surface area contributed by atoms with Gasteiger partial charge in [-0.15, -0.1) is 11.3 Å². The zero-order valence-corrected chi connectivity index (χ0v) is 11.3. The van der Waals surface area contributed by atoms with E-state index in [0.29, 0.717) is 5.01 Å². The molecule has 0 radical (unpaired) electrons. The van der Waals surface area contributed by atoms with Crippen molar-refractivity contribution < 1.29 is 18.0 Å². The van der Waals surface area contributed by atoms with E-state index in [2.05, 4.69) is 4.98 Å². The molecule has 1 amide bonds. The predicted molar refractivity (Wildman–Crippen MR) is 70.7 cm³/mol. The van der Waals surface area contributed by atoms with Gasteiger partial charge >= 0.3 is 6.18 Å². The topological polar surface area (TPSA) is 42.0 Å². The summed E-state index contributed by atoms with van der Waals surface area (Å²) in [6.45, 7) is 0.588. The van der Waals surface area contributed by atoms with Crippen LogP contribution < -0.4 is 5.32 Å². The highest BCUT2D eigenvalue weighted by Gasteiger charge is 2.28. The summed E-state index contributed by atoms with van der Waals surface area (Å²) >= 11 is 1.22. The van der Waals surface area contributed by atoms with Crippen molar-refractivity contribution in [2.24, 2.45) is 0 Å². The first-order valence-corrected chi connectivity index (χ1v) is 6.60. The lowest BCUT2D eigenvalue weighted by atomic mass is 10.2. The quantitative estimate of drug-likeness (QED) is 0.944. The van der Waals surface area contributed by atoms with Crippen molar-refractivity contribution in [3.05, 3.63) is 40.9 Å². The Bertz CT molecular complexity index is 605. The summed E-state index contributed by atoms with van der Waals surface area (Å²) < 4.78 is 36.0. The Morgan fingerprint density at radius 3 is 2.55 bits per heavy atom. The molecule has 0 spiro atoms. The number of aromatic nitrogens is 1. The Kier molecular flexibility index (Phi) is 4.08. The van der Waals surface area contributed by atoms with Crippen LogP contribution in [0.1, 0.15) is 16.1 Å². The molecule has 1 heterocycles. The number of hydrogen-bond donors (Lipinski definition) is 1. The number of aryl methyl sites for hydroxylation is 1. The second kappa shape index (κ2) is 5.62. The largest absolute Gasteiger partial charge is 0.405 e. The summed E-state index contributed by atoms with van der Waals surface area (Å²) in [6.07, 6.45) is -4.43. The molecular formula is C13H11F3N2OS. The van der Waals surface area contributed by atoms with E-state index in [1.165, 1.54) is 16.7 Å². The van der Waals surface area contributed by atoms with Crippen molar-refractivity contribution in [2.75, 3.05) is 6.54 Å². The first kappa shape index (κ1) is 14.5. The molecule has 0 unspecified atom stereocenters. The molecule has 1 N–H and O–H groups in total. The van der Waals surface area contributed by atoms with E-state index in [1.54, 1.807) is 5.32 Å². The number of alkyl halides is 3. The summed E-state index contributed by atoms with van der Waals surface area (Å²) in [5, 5.41) is 3.84. The predicted octanol–water partition coefficient (Wildman–Crippen LogP) is 3.41. The number of amides is 1. The lowest BCUT2D eigenvalue weighted by Gasteiger charge is -2.06. The number of hydrogen-bond acceptors (Lipinski definition) is 3. The summed E-state index contributed by atoms with van der Waals surface area (Å²) in [5.74, 6) is -0.822. The van der Waals surface area contributed by atoms with Crippen LogP contribution in [0.15, 0.2) is 29.6 Å². The maximum Gasteiger partial charge on any atom is 0.405 e. The Balaban J connectivity index is 2.09. The molecule has 3 nitrogen and oxygen atoms in total. The molecular weight excluding hydrogens is 289 g/mol. The van der Waals surface area contributed by atoms with Crippen molar-refractivity contribution in [3.63, 3.8) is 0 Å². The third kappa shape index (κ3) is 3.80. The van der Waals surface area contributed by atoms with E-state index in [4.69, 9.17) is 0 Å². The fourth-order valence-corrected chi connectivity index (χ4v) is 2.28. The molecule has 0 saturated carbocycles. The van der Waals surface area contributed by atoms with Crippen LogP contribution in [0.4, 0.5) is 13.2 Å². The fraction of sp³-hybridized carbons (Fsp3) is 0.231. The van der Waals surface area contributed by atoms with Crippen LogP contribution >= 0.6 is 11.3 Å². The van der Waals surface area contributed by atoms with Crippen LogP contribution in [0.25, 0.3) is 10.6 Å². The Hall–Kier alpha value is -1.89. The number of rotatable bonds is 3. The number of nitrogens with one attached hydrogen (secondary N) is 1. The number of carbonyl (C=O) groups is 1. The highest BCUT2D eigenvalue weighted by Crippen LogP contribution is 2.24. The number of halogens is 3. The minimum Gasteiger partial charge on any atom is -0.342 e. The first-order valence-electron chi connectivity index (χ1n) is 5.73. The molecule has 7 heteroatoms. The smallest absolute Gasteiger partial charge is 0.342 e. The minimum atomic E-state index is -4.43. The molecule has 0 aliphatic rings. The molecule has 0 atom stereocenters. The van der Waals surface area contributed by atoms with E-state index in [0.717, 1.165) is 11.1 Å². The third-order valence-electron chi connectivity index (χ3n) is 2.48. The summed E-state index contributed by atoms with van der Waals surface area (Å²) in [4.78, 5) is 15.6. The Labute approximate surface area is 117 Å². The van der Waals surface area contributed by atoms with Crippen LogP contribution in [0.5, 0.6) is 0 Å². The van der Waals surface area contributed by atoms with E-state index in [-0.39, 0.29) is 5.69 Å². The van der Waals surface area contributed by atoms with Gasteiger partial charge in [0.2, 0.25) is 0 Å². The molecule has 0 aliphatic heterocycles. The summed E-state index contributed by atoms with van der Waals surface area (Å²) in [5.41, 5.74) is 1.92. The van der Waals surface area contributed by atoms with E-state index in [9.17, 15) is 18.0 Å². The van der Waals surface area contributed by atoms with Gasteiger partial charge in [0.15, 0.2) is 0 Å². The number of nitrogens with zero attached hydrogens (tertiary/aromatic N) is 1. The zero-order valence-electron chi connectivity index (χ0n) is 10.5. The van der Waals surface area contributed by atoms with Gasteiger partial charge in [0.05, 0.1) is 0 Å². The van der Waals surface area contributed by atoms with Gasteiger partial charge in [-0.3, -0.25) is 4.79 Å². The van der Waals surface area contributed by atoms with Gasteiger partial charge < -0.3 is 5.32 Å². The minimum absolute atomic E-state index is 0.00479. The Morgan fingerprint density at radius 1 is 1.30 bits per heavy atom. The number of thiazole rings is 1. The summed E-state index contributed by atoms with van der Waals surface area (Å²) in [7, 11) is 0. The Morgan fingerprint density at radius 2 is 1.95 bits per heavy atom. The molecule has 0 aliphatic carbocycles. The number of benzene rings is 1. The highest BCUT2D eigenvalue weighted by molar-refractivity contribution is 7.13. The van der Waals surface area contributed by atoms with Crippen LogP contribution in [0, 0.1) is 6.92 Å². The molecule has 2 aromatic rings. The molecule has 106 valence electrons. The maximum atomic E-state index is 12.0. The average molecular weight is 300 g/mol. The molecule has 2 rings (SSSR count). The maximum absolute atomic E-state index is 12.0. The van der Waals surface area contributed by atoms with Crippen LogP contribution in [0.2, 0.25) is 0 Å². The lowest BCUT2D eigenvalue weighted by Crippen LogP contribution is -2.33. The van der Waals surface area contributed by atoms with Gasteiger partial charge in [-0.2, -0.15) is 13.2 Å². The van der Waals surface area contributed by atoms with Gasteiger partial charge in [0.25, 0.3) is 5.91 Å². The van der Waals surface area contributed by atoms with Gasteiger partial charge in [-0.25, -0.2) is 4.98 Å². The molecule has 1 aromatic heterocycles. The van der Waals surface area contributed by atoms with Crippen molar-refractivity contribution in [1.82, 2.24) is 10.3 Å². The zero-order chi connectivity index (χ0) is 14.8. The van der Waals surface area contributed by atoms with E-state index in [1.807, 2.05) is 31.2 Å². The van der Waals surface area contributed by atoms with E-state index >= 15 is 0 Å². The van der Waals surface area contributed by atoms with Gasteiger partial charge in [0, 0.05) is 10.9 Å². The van der Waals surface area contributed by atoms with Gasteiger partial charge in [-0.05, 0) is 6.92 Å². The molecule has 0 bridgehead atoms. The lowest BCUT2D eigenvalue weighted by molar-refractivity contribution is -0.123. The fourth-order valence-electron chi connectivity index (χ4n) is 1.48. The number of carbonyl (C=O) groups excluding carboxylic acids is 1. The van der Waals surface area contributed by atoms with Crippen molar-refractivity contribution in [1.29, 1.82) is 0 Å². The van der Waals surface area contributed by atoms with E-state index < -0.39 is 18.6 Å². The normalized spacial score (nSPS) is 11.4. The van der Waals surface area contributed by atoms with Crippen LogP contribution in [-0.4, -0.2) is 23.6 Å². The van der Waals surface area contributed by atoms with Crippen molar-refractivity contribution in [3.8, 4) is 10.6 Å². The average Bonchev–Trinajstić information content (AvgIpc) is 2.85. The molecule has 1 aromatic carbocycles. The third-order valence-corrected chi connectivity index (χ3v) is 3.38. The second-order valence-electron chi connectivity index (χ2n) is 4.20. The highest BCUT2D eigenvalue weighted by atomic mass is 32.1. The molecule has 20 heavy (non-hydrogen) atoms. The standard InChI is InChI=1S/C13H11F3N2OS/c1-8-2-4-9(5-3-8)12-18-10(6-20-12)11(19)17-7-13(14,15)16/h2-6H,7H2,1H3,(H,17,19). The summed E-state index contributed by atoms with van der Waals surface area (Å²) in [6, 6.07) is 7.51. The van der Waals surface area contributed by atoms with Crippen molar-refractivity contribution >= 4 is 17.2 Å². The molecule has 0 fully saturated rings. The molecule has 0 saturated heterocycles. The van der Waals surface area contributed by atoms with Gasteiger partial charge in [-0.1, -0.05) is 29.8 Å². The monoisotopic (exact) mass is 300 g/mol.